The molecule has 5 nitrogen and oxygen atoms in total. The number of benzene rings is 3. The van der Waals surface area contributed by atoms with Gasteiger partial charge in [0.1, 0.15) is 17.6 Å². The van der Waals surface area contributed by atoms with Gasteiger partial charge in [-0.15, -0.1) is 11.8 Å². The SMILES string of the molecule is O=C(c1ccccc1)C(O)c1ccc(-c2nn(C(=O)c3c(Cl)cccc3C3(C(F)(F)F)CC3)c3c2SCCC3)c(F)c1. The summed E-state index contributed by atoms with van der Waals surface area (Å²) < 4.78 is 58.9. The van der Waals surface area contributed by atoms with Crippen LogP contribution in [-0.2, 0) is 11.8 Å². The Morgan fingerprint density at radius 2 is 1.79 bits per heavy atom. The van der Waals surface area contributed by atoms with Crippen LogP contribution in [0, 0.1) is 5.82 Å². The Kier molecular flexibility index (Phi) is 7.27. The van der Waals surface area contributed by atoms with Gasteiger partial charge in [0.25, 0.3) is 5.91 Å². The monoisotopic (exact) mass is 614 g/mol. The molecule has 216 valence electrons. The van der Waals surface area contributed by atoms with Gasteiger partial charge in [0, 0.05) is 11.1 Å². The van der Waals surface area contributed by atoms with Crippen LogP contribution in [0.1, 0.15) is 62.9 Å². The van der Waals surface area contributed by atoms with E-state index in [9.17, 15) is 27.9 Å². The third-order valence-corrected chi connectivity index (χ3v) is 9.36. The second-order valence-corrected chi connectivity index (χ2v) is 11.9. The predicted octanol–water partition coefficient (Wildman–Crippen LogP) is 7.58. The molecule has 4 aromatic rings. The van der Waals surface area contributed by atoms with Crippen molar-refractivity contribution in [3.63, 3.8) is 0 Å². The van der Waals surface area contributed by atoms with E-state index in [1.165, 1.54) is 42.1 Å². The molecule has 1 fully saturated rings. The van der Waals surface area contributed by atoms with E-state index < -0.39 is 35.2 Å². The summed E-state index contributed by atoms with van der Waals surface area (Å²) in [6.07, 6.45) is -5.35. The van der Waals surface area contributed by atoms with Crippen LogP contribution in [0.5, 0.6) is 0 Å². The first-order chi connectivity index (χ1) is 20.0. The largest absolute Gasteiger partial charge is 0.398 e. The topological polar surface area (TPSA) is 72.2 Å². The fourth-order valence-electron chi connectivity index (χ4n) is 5.45. The minimum absolute atomic E-state index is 0.0312. The van der Waals surface area contributed by atoms with E-state index >= 15 is 4.39 Å². The molecule has 2 heterocycles. The maximum Gasteiger partial charge on any atom is 0.398 e. The zero-order valence-corrected chi connectivity index (χ0v) is 23.5. The second-order valence-electron chi connectivity index (χ2n) is 10.4. The van der Waals surface area contributed by atoms with Crippen molar-refractivity contribution in [1.29, 1.82) is 0 Å². The van der Waals surface area contributed by atoms with Crippen LogP contribution in [0.4, 0.5) is 17.6 Å². The average Bonchev–Trinajstić information content (AvgIpc) is 3.73. The van der Waals surface area contributed by atoms with E-state index in [1.54, 1.807) is 30.3 Å². The number of Topliss-reactive ketones (excluding diaryl/α,β-unsaturated/α-hetero) is 1. The zero-order valence-electron chi connectivity index (χ0n) is 21.9. The Hall–Kier alpha value is -3.47. The van der Waals surface area contributed by atoms with Crippen molar-refractivity contribution in [3.05, 3.63) is 106 Å². The summed E-state index contributed by atoms with van der Waals surface area (Å²) in [6, 6.07) is 16.0. The van der Waals surface area contributed by atoms with Crippen LogP contribution >= 0.6 is 23.4 Å². The Labute approximate surface area is 247 Å². The van der Waals surface area contributed by atoms with Crippen molar-refractivity contribution in [2.45, 2.75) is 48.3 Å². The van der Waals surface area contributed by atoms with Crippen LogP contribution in [-0.4, -0.2) is 38.5 Å². The summed E-state index contributed by atoms with van der Waals surface area (Å²) >= 11 is 7.74. The van der Waals surface area contributed by atoms with Crippen LogP contribution in [0.3, 0.4) is 0 Å². The van der Waals surface area contributed by atoms with Gasteiger partial charge in [-0.25, -0.2) is 4.39 Å². The molecule has 1 N–H and O–H groups in total. The normalized spacial score (nSPS) is 16.5. The molecule has 1 saturated carbocycles. The van der Waals surface area contributed by atoms with Crippen LogP contribution in [0.25, 0.3) is 11.3 Å². The summed E-state index contributed by atoms with van der Waals surface area (Å²) in [4.78, 5) is 27.2. The molecule has 1 unspecified atom stereocenters. The highest BCUT2D eigenvalue weighted by Gasteiger charge is 2.65. The number of hydrogen-bond donors (Lipinski definition) is 1. The highest BCUT2D eigenvalue weighted by molar-refractivity contribution is 7.99. The Morgan fingerprint density at radius 3 is 2.45 bits per heavy atom. The molecule has 11 heteroatoms. The average molecular weight is 615 g/mol. The number of halogens is 5. The minimum atomic E-state index is -4.56. The van der Waals surface area contributed by atoms with Gasteiger partial charge in [-0.05, 0) is 60.8 Å². The van der Waals surface area contributed by atoms with Crippen molar-refractivity contribution in [1.82, 2.24) is 9.78 Å². The third-order valence-electron chi connectivity index (χ3n) is 7.84. The number of carbonyl (C=O) groups is 2. The summed E-state index contributed by atoms with van der Waals surface area (Å²) in [5, 5.41) is 15.0. The molecule has 1 aliphatic carbocycles. The standard InChI is InChI=1S/C31H23ClF4N2O3S/c32-21-9-4-8-20(30(13-14-30)31(34,35)36)24(21)29(41)38-23-10-5-15-42-28(23)25(37-38)19-12-11-18(16-22(19)33)27(40)26(39)17-6-2-1-3-7-17/h1-4,6-9,11-12,16,27,40H,5,10,13-15H2. The molecule has 2 aliphatic rings. The molecule has 0 saturated heterocycles. The first kappa shape index (κ1) is 28.6. The number of fused-ring (bicyclic) bond motifs is 1. The molecular weight excluding hydrogens is 592 g/mol. The molecule has 0 amide bonds. The number of aliphatic hydroxyl groups is 1. The van der Waals surface area contributed by atoms with Gasteiger partial charge in [-0.2, -0.15) is 23.0 Å². The highest BCUT2D eigenvalue weighted by atomic mass is 35.5. The molecule has 0 spiro atoms. The fraction of sp³-hybridized carbons (Fsp3) is 0.258. The number of thioether (sulfide) groups is 1. The number of aromatic nitrogens is 2. The van der Waals surface area contributed by atoms with Gasteiger partial charge in [0.2, 0.25) is 0 Å². The third kappa shape index (κ3) is 4.75. The second kappa shape index (κ2) is 10.7. The highest BCUT2D eigenvalue weighted by Crippen LogP contribution is 2.60. The quantitative estimate of drug-likeness (QED) is 0.179. The van der Waals surface area contributed by atoms with E-state index in [-0.39, 0.29) is 51.4 Å². The molecule has 6 rings (SSSR count). The summed E-state index contributed by atoms with van der Waals surface area (Å²) in [7, 11) is 0. The molecule has 1 atom stereocenters. The van der Waals surface area contributed by atoms with Gasteiger partial charge in [-0.3, -0.25) is 9.59 Å². The van der Waals surface area contributed by atoms with E-state index in [0.29, 0.717) is 29.2 Å². The molecule has 0 bridgehead atoms. The van der Waals surface area contributed by atoms with Crippen molar-refractivity contribution in [2.24, 2.45) is 0 Å². The first-order valence-corrected chi connectivity index (χ1v) is 14.6. The van der Waals surface area contributed by atoms with Crippen LogP contribution in [0.15, 0.2) is 71.6 Å². The summed E-state index contributed by atoms with van der Waals surface area (Å²) in [5.74, 6) is -1.49. The summed E-state index contributed by atoms with van der Waals surface area (Å²) in [6.45, 7) is 0. The molecule has 0 radical (unpaired) electrons. The first-order valence-electron chi connectivity index (χ1n) is 13.3. The number of ketones is 1. The molecule has 3 aromatic carbocycles. The van der Waals surface area contributed by atoms with Gasteiger partial charge < -0.3 is 5.11 Å². The van der Waals surface area contributed by atoms with Crippen molar-refractivity contribution in [2.75, 3.05) is 5.75 Å². The van der Waals surface area contributed by atoms with Crippen LogP contribution < -0.4 is 0 Å². The maximum absolute atomic E-state index is 15.6. The number of nitrogens with zero attached hydrogens (tertiary/aromatic N) is 2. The summed E-state index contributed by atoms with van der Waals surface area (Å²) in [5.41, 5.74) is -1.62. The lowest BCUT2D eigenvalue weighted by atomic mass is 9.90. The molecule has 1 aliphatic heterocycles. The Bertz CT molecular complexity index is 1720. The van der Waals surface area contributed by atoms with Crippen molar-refractivity contribution < 1.29 is 32.3 Å². The van der Waals surface area contributed by atoms with Crippen molar-refractivity contribution >= 4 is 35.1 Å². The maximum atomic E-state index is 15.6. The van der Waals surface area contributed by atoms with Gasteiger partial charge in [0.05, 0.1) is 26.6 Å². The number of hydrogen-bond acceptors (Lipinski definition) is 5. The number of alkyl halides is 3. The van der Waals surface area contributed by atoms with E-state index in [4.69, 9.17) is 11.6 Å². The zero-order chi connectivity index (χ0) is 29.8. The van der Waals surface area contributed by atoms with E-state index in [0.717, 1.165) is 10.7 Å². The smallest absolute Gasteiger partial charge is 0.380 e. The lowest BCUT2D eigenvalue weighted by Crippen LogP contribution is -2.32. The Balaban J connectivity index is 1.40. The van der Waals surface area contributed by atoms with Crippen molar-refractivity contribution in [3.8, 4) is 11.3 Å². The molecular formula is C31H23ClF4N2O3S. The van der Waals surface area contributed by atoms with Gasteiger partial charge >= 0.3 is 6.18 Å². The van der Waals surface area contributed by atoms with E-state index in [1.807, 2.05) is 0 Å². The molecule has 1 aromatic heterocycles. The lowest BCUT2D eigenvalue weighted by Gasteiger charge is -2.23. The van der Waals surface area contributed by atoms with E-state index in [2.05, 4.69) is 5.10 Å². The number of aliphatic hydroxyl groups excluding tert-OH is 1. The lowest BCUT2D eigenvalue weighted by molar-refractivity contribution is -0.160. The fourth-order valence-corrected chi connectivity index (χ4v) is 6.84. The Morgan fingerprint density at radius 1 is 1.05 bits per heavy atom. The van der Waals surface area contributed by atoms with Gasteiger partial charge in [-0.1, -0.05) is 60.1 Å². The van der Waals surface area contributed by atoms with Crippen LogP contribution in [0.2, 0.25) is 5.02 Å². The number of carbonyl (C=O) groups excluding carboxylic acids is 2. The van der Waals surface area contributed by atoms with Gasteiger partial charge in [0.15, 0.2) is 5.78 Å². The number of rotatable bonds is 6. The predicted molar refractivity (Wildman–Crippen MR) is 151 cm³/mol. The molecule has 42 heavy (non-hydrogen) atoms. The minimum Gasteiger partial charge on any atom is -0.380 e.